The van der Waals surface area contributed by atoms with E-state index in [9.17, 15) is 15.0 Å². The number of rotatable bonds is 0. The molecule has 1 aliphatic heterocycles. The predicted molar refractivity (Wildman–Crippen MR) is 36.1 cm³/mol. The average molecular weight is 174 g/mol. The minimum Gasteiger partial charge on any atom is -0.444 e. The molecule has 2 rings (SSSR count). The summed E-state index contributed by atoms with van der Waals surface area (Å²) in [4.78, 5) is 10.7. The highest BCUT2D eigenvalue weighted by molar-refractivity contribution is 5.93. The maximum Gasteiger partial charge on any atom is 0.351 e. The quantitative estimate of drug-likeness (QED) is 0.375. The first-order valence-corrected chi connectivity index (χ1v) is 3.83. The van der Waals surface area contributed by atoms with Gasteiger partial charge in [-0.05, 0) is 0 Å². The largest absolute Gasteiger partial charge is 0.444 e. The van der Waals surface area contributed by atoms with Crippen LogP contribution < -0.4 is 0 Å². The molecule has 1 spiro atoms. The van der Waals surface area contributed by atoms with Crippen molar-refractivity contribution in [3.8, 4) is 0 Å². The van der Waals surface area contributed by atoms with Crippen LogP contribution in [0.2, 0.25) is 0 Å². The summed E-state index contributed by atoms with van der Waals surface area (Å²) in [6.07, 6.45) is -3.12. The first kappa shape index (κ1) is 7.97. The zero-order chi connectivity index (χ0) is 8.93. The zero-order valence-corrected chi connectivity index (χ0v) is 6.30. The van der Waals surface area contributed by atoms with Gasteiger partial charge in [0.2, 0.25) is 5.60 Å². The number of aliphatic hydroxyl groups is 3. The van der Waals surface area contributed by atoms with Crippen molar-refractivity contribution in [3.05, 3.63) is 0 Å². The van der Waals surface area contributed by atoms with Gasteiger partial charge in [0.05, 0.1) is 12.2 Å². The normalized spacial score (nSPS) is 52.2. The van der Waals surface area contributed by atoms with E-state index in [1.165, 1.54) is 0 Å². The third kappa shape index (κ3) is 0.939. The second-order valence-electron chi connectivity index (χ2n) is 3.42. The van der Waals surface area contributed by atoms with Gasteiger partial charge in [-0.15, -0.1) is 0 Å². The van der Waals surface area contributed by atoms with Crippen LogP contribution >= 0.6 is 0 Å². The third-order valence-corrected chi connectivity index (χ3v) is 2.48. The third-order valence-electron chi connectivity index (χ3n) is 2.48. The molecule has 1 saturated heterocycles. The Bertz CT molecular complexity index is 214. The zero-order valence-electron chi connectivity index (χ0n) is 6.30. The van der Waals surface area contributed by atoms with Crippen LogP contribution in [0.3, 0.4) is 0 Å². The van der Waals surface area contributed by atoms with Gasteiger partial charge < -0.3 is 20.1 Å². The Morgan fingerprint density at radius 2 is 1.67 bits per heavy atom. The summed E-state index contributed by atoms with van der Waals surface area (Å²) in [5, 5.41) is 27.5. The number of epoxide rings is 1. The van der Waals surface area contributed by atoms with E-state index in [1.807, 2.05) is 0 Å². The number of hydrogen-bond donors (Lipinski definition) is 3. The number of carbonyl (C=O) groups excluding carboxylic acids is 1. The van der Waals surface area contributed by atoms with Crippen LogP contribution in [-0.4, -0.2) is 45.2 Å². The Balaban J connectivity index is 2.11. The van der Waals surface area contributed by atoms with E-state index in [-0.39, 0.29) is 12.8 Å². The number of hydrogen-bond acceptors (Lipinski definition) is 5. The van der Waals surface area contributed by atoms with Crippen molar-refractivity contribution < 1.29 is 24.9 Å². The van der Waals surface area contributed by atoms with Crippen molar-refractivity contribution in [1.29, 1.82) is 0 Å². The maximum atomic E-state index is 10.7. The van der Waals surface area contributed by atoms with Gasteiger partial charge in [0.25, 0.3) is 0 Å². The van der Waals surface area contributed by atoms with Crippen molar-refractivity contribution >= 4 is 5.97 Å². The second-order valence-corrected chi connectivity index (χ2v) is 3.42. The van der Waals surface area contributed by atoms with E-state index < -0.39 is 29.9 Å². The fourth-order valence-electron chi connectivity index (χ4n) is 1.66. The molecular weight excluding hydrogens is 164 g/mol. The lowest BCUT2D eigenvalue weighted by atomic mass is 9.83. The molecule has 12 heavy (non-hydrogen) atoms. The van der Waals surface area contributed by atoms with Crippen molar-refractivity contribution in [2.45, 2.75) is 36.8 Å². The van der Waals surface area contributed by atoms with E-state index in [0.717, 1.165) is 0 Å². The molecule has 5 heteroatoms. The molecule has 0 amide bonds. The lowest BCUT2D eigenvalue weighted by Crippen LogP contribution is -2.48. The Morgan fingerprint density at radius 3 is 2.00 bits per heavy atom. The summed E-state index contributed by atoms with van der Waals surface area (Å²) < 4.78 is 4.66. The van der Waals surface area contributed by atoms with Crippen LogP contribution in [0.15, 0.2) is 0 Å². The molecule has 2 aliphatic rings. The predicted octanol–water partition coefficient (Wildman–Crippen LogP) is -1.84. The summed E-state index contributed by atoms with van der Waals surface area (Å²) in [6, 6.07) is 0. The number of aliphatic hydroxyl groups excluding tert-OH is 3. The van der Waals surface area contributed by atoms with Gasteiger partial charge in [-0.2, -0.15) is 0 Å². The van der Waals surface area contributed by atoms with Crippen molar-refractivity contribution in [2.75, 3.05) is 0 Å². The Morgan fingerprint density at radius 1 is 1.25 bits per heavy atom. The van der Waals surface area contributed by atoms with Gasteiger partial charge >= 0.3 is 5.97 Å². The first-order valence-electron chi connectivity index (χ1n) is 3.83. The smallest absolute Gasteiger partial charge is 0.351 e. The fourth-order valence-corrected chi connectivity index (χ4v) is 1.66. The summed E-state index contributed by atoms with van der Waals surface area (Å²) >= 11 is 0. The molecule has 1 aliphatic carbocycles. The number of carbonyl (C=O) groups is 1. The average Bonchev–Trinajstić information content (AvgIpc) is 2.56. The van der Waals surface area contributed by atoms with Crippen LogP contribution in [0.5, 0.6) is 0 Å². The fraction of sp³-hybridized carbons (Fsp3) is 0.857. The molecule has 0 aromatic heterocycles. The standard InChI is InChI=1S/C7H10O5/c8-3-1-7(6(11)12-7)2-4(9)5(3)10/h3-5,8-10H,1-2H2/t3-,4-,5?,7?/m1/s1. The number of ether oxygens (including phenoxy) is 1. The minimum atomic E-state index is -1.16. The summed E-state index contributed by atoms with van der Waals surface area (Å²) in [5.41, 5.74) is -0.988. The van der Waals surface area contributed by atoms with Crippen molar-refractivity contribution in [3.63, 3.8) is 0 Å². The molecule has 0 unspecified atom stereocenters. The van der Waals surface area contributed by atoms with Crippen molar-refractivity contribution in [2.24, 2.45) is 0 Å². The molecule has 5 nitrogen and oxygen atoms in total. The molecule has 0 aromatic rings. The molecule has 2 fully saturated rings. The van der Waals surface area contributed by atoms with Gasteiger partial charge in [-0.3, -0.25) is 0 Å². The highest BCUT2D eigenvalue weighted by atomic mass is 16.7. The Labute approximate surface area is 68.6 Å². The highest BCUT2D eigenvalue weighted by Gasteiger charge is 2.63. The van der Waals surface area contributed by atoms with Crippen LogP contribution in [0, 0.1) is 0 Å². The van der Waals surface area contributed by atoms with Crippen LogP contribution in [-0.2, 0) is 9.53 Å². The molecule has 2 atom stereocenters. The molecule has 0 aromatic carbocycles. The van der Waals surface area contributed by atoms with E-state index in [2.05, 4.69) is 4.74 Å². The molecule has 0 bridgehead atoms. The van der Waals surface area contributed by atoms with Crippen molar-refractivity contribution in [1.82, 2.24) is 0 Å². The van der Waals surface area contributed by atoms with Gasteiger partial charge in [0.15, 0.2) is 0 Å². The lowest BCUT2D eigenvalue weighted by molar-refractivity contribution is -0.119. The summed E-state index contributed by atoms with van der Waals surface area (Å²) in [6.45, 7) is 0. The van der Waals surface area contributed by atoms with E-state index in [1.54, 1.807) is 0 Å². The monoisotopic (exact) mass is 174 g/mol. The molecule has 3 N–H and O–H groups in total. The van der Waals surface area contributed by atoms with Crippen LogP contribution in [0.1, 0.15) is 12.8 Å². The lowest BCUT2D eigenvalue weighted by Gasteiger charge is -2.30. The van der Waals surface area contributed by atoms with E-state index in [0.29, 0.717) is 0 Å². The minimum absolute atomic E-state index is 0.0874. The highest BCUT2D eigenvalue weighted by Crippen LogP contribution is 2.43. The van der Waals surface area contributed by atoms with Crippen LogP contribution in [0.25, 0.3) is 0 Å². The molecule has 1 saturated carbocycles. The summed E-state index contributed by atoms with van der Waals surface area (Å²) in [5.74, 6) is -0.396. The first-order chi connectivity index (χ1) is 5.55. The van der Waals surface area contributed by atoms with Gasteiger partial charge in [0, 0.05) is 12.8 Å². The molecule has 0 radical (unpaired) electrons. The molecule has 68 valence electrons. The van der Waals surface area contributed by atoms with Gasteiger partial charge in [0.1, 0.15) is 6.10 Å². The van der Waals surface area contributed by atoms with E-state index >= 15 is 0 Å². The SMILES string of the molecule is O=C1OC12C[C@@H](O)C(O)[C@H](O)C2. The second kappa shape index (κ2) is 2.18. The van der Waals surface area contributed by atoms with Gasteiger partial charge in [-0.1, -0.05) is 0 Å². The Kier molecular flexibility index (Phi) is 1.45. The summed E-state index contributed by atoms with van der Waals surface area (Å²) in [7, 11) is 0. The Hall–Kier alpha value is -0.650. The van der Waals surface area contributed by atoms with Crippen LogP contribution in [0.4, 0.5) is 0 Å². The molecular formula is C7H10O5. The molecule has 1 heterocycles. The van der Waals surface area contributed by atoms with E-state index in [4.69, 9.17) is 5.11 Å². The topological polar surface area (TPSA) is 90.3 Å². The van der Waals surface area contributed by atoms with Gasteiger partial charge in [-0.25, -0.2) is 4.79 Å². The maximum absolute atomic E-state index is 10.7.